The number of benzene rings is 1. The number of aliphatic hydroxyl groups excluding tert-OH is 1. The maximum absolute atomic E-state index is 12.8. The van der Waals surface area contributed by atoms with E-state index in [0.717, 1.165) is 13.5 Å². The van der Waals surface area contributed by atoms with Gasteiger partial charge in [-0.1, -0.05) is 6.92 Å². The zero-order valence-electron chi connectivity index (χ0n) is 9.37. The van der Waals surface area contributed by atoms with Gasteiger partial charge < -0.3 is 9.84 Å². The van der Waals surface area contributed by atoms with Crippen molar-refractivity contribution in [2.75, 3.05) is 7.11 Å². The lowest BCUT2D eigenvalue weighted by Crippen LogP contribution is -2.26. The predicted octanol–water partition coefficient (Wildman–Crippen LogP) is 2.18. The molecule has 1 aromatic carbocycles. The molecule has 1 aliphatic rings. The molecule has 2 rings (SSSR count). The fraction of sp³-hybridized carbons (Fsp3) is 0.417. The van der Waals surface area contributed by atoms with E-state index in [1.165, 1.54) is 18.2 Å². The van der Waals surface area contributed by atoms with Gasteiger partial charge in [0.25, 0.3) is 0 Å². The molecule has 1 heterocycles. The summed E-state index contributed by atoms with van der Waals surface area (Å²) >= 11 is 0. The fourth-order valence-electron chi connectivity index (χ4n) is 1.59. The van der Waals surface area contributed by atoms with Crippen molar-refractivity contribution in [1.82, 2.24) is 0 Å². The summed E-state index contributed by atoms with van der Waals surface area (Å²) in [6.45, 7) is 1.96. The lowest BCUT2D eigenvalue weighted by atomic mass is 9.99. The molecule has 0 aromatic heterocycles. The Balaban J connectivity index is 0.000000606. The topological polar surface area (TPSA) is 46.5 Å². The Morgan fingerprint density at radius 1 is 1.50 bits per heavy atom. The molecule has 0 fully saturated rings. The zero-order chi connectivity index (χ0) is 12.1. The van der Waals surface area contributed by atoms with E-state index in [9.17, 15) is 9.18 Å². The molecule has 1 unspecified atom stereocenters. The van der Waals surface area contributed by atoms with Crippen molar-refractivity contribution in [2.24, 2.45) is 0 Å². The van der Waals surface area contributed by atoms with Gasteiger partial charge in [-0.3, -0.25) is 4.79 Å². The average Bonchev–Trinajstić information content (AvgIpc) is 2.32. The van der Waals surface area contributed by atoms with Crippen LogP contribution in [0.25, 0.3) is 0 Å². The molecular formula is C12H15FO3. The first-order valence-electron chi connectivity index (χ1n) is 5.15. The van der Waals surface area contributed by atoms with Crippen LogP contribution in [0.4, 0.5) is 4.39 Å². The number of rotatable bonds is 1. The minimum Gasteiger partial charge on any atom is -0.489 e. The van der Waals surface area contributed by atoms with Crippen LogP contribution in [0.3, 0.4) is 0 Å². The number of carbonyl (C=O) groups is 1. The van der Waals surface area contributed by atoms with Crippen LogP contribution in [-0.4, -0.2) is 24.1 Å². The second-order valence-corrected chi connectivity index (χ2v) is 3.42. The molecule has 0 saturated heterocycles. The van der Waals surface area contributed by atoms with Crippen LogP contribution in [0, 0.1) is 5.82 Å². The molecule has 1 atom stereocenters. The van der Waals surface area contributed by atoms with Gasteiger partial charge in [0.2, 0.25) is 0 Å². The summed E-state index contributed by atoms with van der Waals surface area (Å²) in [7, 11) is 1.00. The van der Waals surface area contributed by atoms with Crippen LogP contribution in [0.1, 0.15) is 30.1 Å². The van der Waals surface area contributed by atoms with E-state index in [-0.39, 0.29) is 11.9 Å². The van der Waals surface area contributed by atoms with Gasteiger partial charge in [-0.25, -0.2) is 4.39 Å². The summed E-state index contributed by atoms with van der Waals surface area (Å²) in [5.74, 6) is 0.0859. The normalized spacial score (nSPS) is 18.0. The molecule has 1 N–H and O–H groups in total. The second-order valence-electron chi connectivity index (χ2n) is 3.42. The van der Waals surface area contributed by atoms with Crippen LogP contribution < -0.4 is 4.74 Å². The van der Waals surface area contributed by atoms with Crippen LogP contribution in [0.15, 0.2) is 18.2 Å². The Hall–Kier alpha value is -1.42. The van der Waals surface area contributed by atoms with Crippen molar-refractivity contribution >= 4 is 5.78 Å². The summed E-state index contributed by atoms with van der Waals surface area (Å²) in [5.41, 5.74) is 0.370. The summed E-state index contributed by atoms with van der Waals surface area (Å²) < 4.78 is 18.4. The van der Waals surface area contributed by atoms with Crippen LogP contribution in [-0.2, 0) is 0 Å². The van der Waals surface area contributed by atoms with E-state index in [4.69, 9.17) is 9.84 Å². The first-order valence-corrected chi connectivity index (χ1v) is 5.15. The van der Waals surface area contributed by atoms with Crippen molar-refractivity contribution in [3.05, 3.63) is 29.6 Å². The van der Waals surface area contributed by atoms with Gasteiger partial charge in [-0.05, 0) is 24.6 Å². The van der Waals surface area contributed by atoms with Gasteiger partial charge in [-0.2, -0.15) is 0 Å². The molecule has 0 bridgehead atoms. The SMILES string of the molecule is CCC1CC(=O)c2cc(F)ccc2O1.CO. The van der Waals surface area contributed by atoms with Crippen LogP contribution in [0.5, 0.6) is 5.75 Å². The number of ketones is 1. The molecule has 88 valence electrons. The molecule has 4 heteroatoms. The number of Topliss-reactive ketones (excluding diaryl/α,β-unsaturated/α-hetero) is 1. The number of hydrogen-bond acceptors (Lipinski definition) is 3. The number of halogens is 1. The van der Waals surface area contributed by atoms with E-state index in [0.29, 0.717) is 17.7 Å². The van der Waals surface area contributed by atoms with E-state index < -0.39 is 5.82 Å². The summed E-state index contributed by atoms with van der Waals surface area (Å²) in [4.78, 5) is 11.6. The maximum Gasteiger partial charge on any atom is 0.170 e. The molecule has 1 aromatic rings. The third-order valence-corrected chi connectivity index (χ3v) is 2.40. The summed E-state index contributed by atoms with van der Waals surface area (Å²) in [5, 5.41) is 7.00. The van der Waals surface area contributed by atoms with Crippen LogP contribution in [0.2, 0.25) is 0 Å². The van der Waals surface area contributed by atoms with Crippen LogP contribution >= 0.6 is 0 Å². The van der Waals surface area contributed by atoms with Gasteiger partial charge in [0, 0.05) is 13.5 Å². The third kappa shape index (κ3) is 2.58. The number of aliphatic hydroxyl groups is 1. The molecule has 0 spiro atoms. The predicted molar refractivity (Wildman–Crippen MR) is 58.2 cm³/mol. The van der Waals surface area contributed by atoms with Crippen molar-refractivity contribution in [3.8, 4) is 5.75 Å². The number of hydrogen-bond donors (Lipinski definition) is 1. The Morgan fingerprint density at radius 3 is 2.81 bits per heavy atom. The quantitative estimate of drug-likeness (QED) is 0.798. The molecular weight excluding hydrogens is 211 g/mol. The first-order chi connectivity index (χ1) is 7.70. The van der Waals surface area contributed by atoms with Gasteiger partial charge in [0.05, 0.1) is 5.56 Å². The molecule has 1 aliphatic heterocycles. The Kier molecular flexibility index (Phi) is 4.43. The molecule has 0 saturated carbocycles. The third-order valence-electron chi connectivity index (χ3n) is 2.40. The van der Waals surface area contributed by atoms with E-state index in [2.05, 4.69) is 0 Å². The average molecular weight is 226 g/mol. The van der Waals surface area contributed by atoms with Crippen molar-refractivity contribution < 1.29 is 19.0 Å². The first kappa shape index (κ1) is 12.6. The highest BCUT2D eigenvalue weighted by atomic mass is 19.1. The molecule has 0 amide bonds. The maximum atomic E-state index is 12.8. The second kappa shape index (κ2) is 5.61. The number of ether oxygens (including phenoxy) is 1. The van der Waals surface area contributed by atoms with Gasteiger partial charge in [0.1, 0.15) is 17.7 Å². The van der Waals surface area contributed by atoms with Gasteiger partial charge >= 0.3 is 0 Å². The van der Waals surface area contributed by atoms with Crippen molar-refractivity contribution in [2.45, 2.75) is 25.9 Å². The molecule has 3 nitrogen and oxygen atoms in total. The Bertz CT molecular complexity index is 377. The molecule has 0 radical (unpaired) electrons. The summed E-state index contributed by atoms with van der Waals surface area (Å²) in [6.07, 6.45) is 1.09. The highest BCUT2D eigenvalue weighted by Crippen LogP contribution is 2.28. The van der Waals surface area contributed by atoms with Gasteiger partial charge in [0.15, 0.2) is 5.78 Å². The van der Waals surface area contributed by atoms with Crippen molar-refractivity contribution in [1.29, 1.82) is 0 Å². The Morgan fingerprint density at radius 2 is 2.19 bits per heavy atom. The fourth-order valence-corrected chi connectivity index (χ4v) is 1.59. The Labute approximate surface area is 93.9 Å². The molecule has 16 heavy (non-hydrogen) atoms. The molecule has 0 aliphatic carbocycles. The van der Waals surface area contributed by atoms with Crippen molar-refractivity contribution in [3.63, 3.8) is 0 Å². The zero-order valence-corrected chi connectivity index (χ0v) is 9.37. The summed E-state index contributed by atoms with van der Waals surface area (Å²) in [6, 6.07) is 4.07. The van der Waals surface area contributed by atoms with Gasteiger partial charge in [-0.15, -0.1) is 0 Å². The highest BCUT2D eigenvalue weighted by Gasteiger charge is 2.25. The lowest BCUT2D eigenvalue weighted by molar-refractivity contribution is 0.0844. The van der Waals surface area contributed by atoms with E-state index in [1.54, 1.807) is 0 Å². The standard InChI is InChI=1S/C11H11FO2.CH4O/c1-2-8-6-10(13)9-5-7(12)3-4-11(9)14-8;1-2/h3-5,8H,2,6H2,1H3;2H,1H3. The van der Waals surface area contributed by atoms with E-state index in [1.807, 2.05) is 6.92 Å². The smallest absolute Gasteiger partial charge is 0.170 e. The minimum absolute atomic E-state index is 0.0300. The number of carbonyl (C=O) groups excluding carboxylic acids is 1. The monoisotopic (exact) mass is 226 g/mol. The highest BCUT2D eigenvalue weighted by molar-refractivity contribution is 5.99. The lowest BCUT2D eigenvalue weighted by Gasteiger charge is -2.23. The minimum atomic E-state index is -0.393. The number of fused-ring (bicyclic) bond motifs is 1. The van der Waals surface area contributed by atoms with E-state index >= 15 is 0 Å². The largest absolute Gasteiger partial charge is 0.489 e.